The maximum atomic E-state index is 13.5. The zero-order valence-electron chi connectivity index (χ0n) is 15.6. The van der Waals surface area contributed by atoms with Crippen molar-refractivity contribution in [3.63, 3.8) is 0 Å². The summed E-state index contributed by atoms with van der Waals surface area (Å²) in [6, 6.07) is 0.0206. The third-order valence-electron chi connectivity index (χ3n) is 4.90. The van der Waals surface area contributed by atoms with E-state index in [4.69, 9.17) is 0 Å². The molecule has 1 amide bonds. The number of hydrogen-bond acceptors (Lipinski definition) is 3. The lowest BCUT2D eigenvalue weighted by Crippen LogP contribution is -2.41. The second-order valence-corrected chi connectivity index (χ2v) is 7.79. The van der Waals surface area contributed by atoms with E-state index in [1.807, 2.05) is 0 Å². The zero-order chi connectivity index (χ0) is 20.4. The summed E-state index contributed by atoms with van der Waals surface area (Å²) in [5.41, 5.74) is 0.160. The first kappa shape index (κ1) is 21.2. The highest BCUT2D eigenvalue weighted by molar-refractivity contribution is 5.82. The topological polar surface area (TPSA) is 46.6 Å². The molecule has 0 unspecified atom stereocenters. The summed E-state index contributed by atoms with van der Waals surface area (Å²) >= 11 is 0. The fourth-order valence-electron chi connectivity index (χ4n) is 3.17. The van der Waals surface area contributed by atoms with Crippen LogP contribution in [0.4, 0.5) is 17.6 Å². The van der Waals surface area contributed by atoms with E-state index in [0.29, 0.717) is 19.0 Å². The molecule has 0 atom stereocenters. The van der Waals surface area contributed by atoms with Crippen molar-refractivity contribution >= 4 is 11.9 Å². The molecule has 2 rings (SSSR count). The average Bonchev–Trinajstić information content (AvgIpc) is 2.61. The summed E-state index contributed by atoms with van der Waals surface area (Å²) in [4.78, 5) is 25.6. The minimum Gasteiger partial charge on any atom is -0.420 e. The van der Waals surface area contributed by atoms with E-state index in [0.717, 1.165) is 12.8 Å². The predicted molar refractivity (Wildman–Crippen MR) is 89.9 cm³/mol. The average molecular weight is 389 g/mol. The molecule has 1 heterocycles. The molecule has 4 nitrogen and oxygen atoms in total. The summed E-state index contributed by atoms with van der Waals surface area (Å²) in [6.07, 6.45) is 1.06. The van der Waals surface area contributed by atoms with Crippen molar-refractivity contribution in [2.75, 3.05) is 13.1 Å². The minimum absolute atomic E-state index is 0.0206. The van der Waals surface area contributed by atoms with Gasteiger partial charge in [0, 0.05) is 25.6 Å². The van der Waals surface area contributed by atoms with Gasteiger partial charge >= 0.3 is 5.97 Å². The molecule has 8 heteroatoms. The lowest BCUT2D eigenvalue weighted by molar-refractivity contribution is -0.140. The molecule has 1 aromatic rings. The van der Waals surface area contributed by atoms with E-state index >= 15 is 0 Å². The summed E-state index contributed by atoms with van der Waals surface area (Å²) < 4.78 is 57.6. The van der Waals surface area contributed by atoms with Crippen LogP contribution in [0.3, 0.4) is 0 Å². The van der Waals surface area contributed by atoms with Crippen molar-refractivity contribution in [1.82, 2.24) is 4.90 Å². The first-order valence-electron chi connectivity index (χ1n) is 8.82. The van der Waals surface area contributed by atoms with Crippen LogP contribution in [0, 0.1) is 34.6 Å². The van der Waals surface area contributed by atoms with Crippen molar-refractivity contribution in [3.8, 4) is 5.75 Å². The van der Waals surface area contributed by atoms with Gasteiger partial charge in [0.05, 0.1) is 6.42 Å². The first-order chi connectivity index (χ1) is 12.5. The van der Waals surface area contributed by atoms with Crippen LogP contribution in [0.15, 0.2) is 6.07 Å². The number of benzene rings is 1. The Kier molecular flexibility index (Phi) is 6.49. The Morgan fingerprint density at radius 2 is 1.56 bits per heavy atom. The monoisotopic (exact) mass is 389 g/mol. The van der Waals surface area contributed by atoms with E-state index in [-0.39, 0.29) is 23.8 Å². The normalized spacial score (nSPS) is 15.7. The van der Waals surface area contributed by atoms with E-state index in [1.54, 1.807) is 4.90 Å². The summed E-state index contributed by atoms with van der Waals surface area (Å²) in [7, 11) is 0. The third kappa shape index (κ3) is 5.20. The second kappa shape index (κ2) is 8.27. The van der Waals surface area contributed by atoms with Crippen molar-refractivity contribution in [3.05, 3.63) is 29.3 Å². The summed E-state index contributed by atoms with van der Waals surface area (Å²) in [5.74, 6) is -9.28. The minimum atomic E-state index is -1.79. The van der Waals surface area contributed by atoms with Crippen LogP contribution >= 0.6 is 0 Å². The molecule has 1 aromatic carbocycles. The summed E-state index contributed by atoms with van der Waals surface area (Å²) in [5, 5.41) is 0. The van der Waals surface area contributed by atoms with Crippen molar-refractivity contribution in [1.29, 1.82) is 0 Å². The number of nitrogens with zero attached hydrogens (tertiary/aromatic N) is 1. The van der Waals surface area contributed by atoms with Gasteiger partial charge in [0.15, 0.2) is 11.6 Å². The number of esters is 1. The van der Waals surface area contributed by atoms with Gasteiger partial charge < -0.3 is 9.64 Å². The first-order valence-corrected chi connectivity index (χ1v) is 8.82. The van der Waals surface area contributed by atoms with Crippen molar-refractivity contribution < 1.29 is 31.9 Å². The molecule has 0 N–H and O–H groups in total. The smallest absolute Gasteiger partial charge is 0.311 e. The van der Waals surface area contributed by atoms with Crippen LogP contribution < -0.4 is 4.74 Å². The number of halogens is 4. The van der Waals surface area contributed by atoms with E-state index in [1.165, 1.54) is 0 Å². The van der Waals surface area contributed by atoms with E-state index in [2.05, 4.69) is 25.5 Å². The number of amides is 1. The maximum Gasteiger partial charge on any atom is 0.311 e. The number of ether oxygens (including phenoxy) is 1. The van der Waals surface area contributed by atoms with Gasteiger partial charge in [-0.3, -0.25) is 9.59 Å². The molecule has 0 spiro atoms. The highest BCUT2D eigenvalue weighted by Crippen LogP contribution is 2.34. The van der Waals surface area contributed by atoms with Gasteiger partial charge in [-0.15, -0.1) is 0 Å². The fraction of sp³-hybridized carbons (Fsp3) is 0.579. The Bertz CT molecular complexity index is 696. The summed E-state index contributed by atoms with van der Waals surface area (Å²) in [6.45, 7) is 7.61. The van der Waals surface area contributed by atoms with E-state index < -0.39 is 41.4 Å². The number of piperidine rings is 1. The Hall–Kier alpha value is -2.12. The predicted octanol–water partition coefficient (Wildman–Crippen LogP) is 4.21. The highest BCUT2D eigenvalue weighted by Gasteiger charge is 2.30. The number of likely N-dealkylation sites (tertiary alicyclic amines) is 1. The van der Waals surface area contributed by atoms with Gasteiger partial charge in [0.25, 0.3) is 0 Å². The van der Waals surface area contributed by atoms with Crippen LogP contribution in [0.5, 0.6) is 5.75 Å². The van der Waals surface area contributed by atoms with Gasteiger partial charge in [-0.2, -0.15) is 8.78 Å². The van der Waals surface area contributed by atoms with Gasteiger partial charge in [-0.1, -0.05) is 20.8 Å². The molecule has 1 fully saturated rings. The molecular formula is C19H23F4NO3. The highest BCUT2D eigenvalue weighted by atomic mass is 19.2. The maximum absolute atomic E-state index is 13.5. The van der Waals surface area contributed by atoms with Crippen molar-refractivity contribution in [2.45, 2.75) is 46.5 Å². The quantitative estimate of drug-likeness (QED) is 0.335. The zero-order valence-corrected chi connectivity index (χ0v) is 15.6. The molecule has 0 bridgehead atoms. The third-order valence-corrected chi connectivity index (χ3v) is 4.90. The molecule has 1 aliphatic rings. The van der Waals surface area contributed by atoms with Gasteiger partial charge in [-0.25, -0.2) is 8.78 Å². The Morgan fingerprint density at radius 3 is 2.04 bits per heavy atom. The van der Waals surface area contributed by atoms with Crippen LogP contribution in [-0.2, 0) is 9.59 Å². The van der Waals surface area contributed by atoms with Crippen molar-refractivity contribution in [2.24, 2.45) is 11.3 Å². The van der Waals surface area contributed by atoms with Crippen LogP contribution in [0.1, 0.15) is 46.5 Å². The van der Waals surface area contributed by atoms with Gasteiger partial charge in [-0.05, 0) is 24.2 Å². The largest absolute Gasteiger partial charge is 0.420 e. The molecule has 0 radical (unpaired) electrons. The second-order valence-electron chi connectivity index (χ2n) is 7.79. The number of carbonyl (C=O) groups is 2. The number of carbonyl (C=O) groups excluding carboxylic acids is 2. The lowest BCUT2D eigenvalue weighted by Gasteiger charge is -2.38. The molecular weight excluding hydrogens is 366 g/mol. The van der Waals surface area contributed by atoms with Gasteiger partial charge in [0.2, 0.25) is 23.3 Å². The van der Waals surface area contributed by atoms with Crippen LogP contribution in [0.2, 0.25) is 0 Å². The fourth-order valence-corrected chi connectivity index (χ4v) is 3.17. The van der Waals surface area contributed by atoms with Crippen LogP contribution in [-0.4, -0.2) is 29.9 Å². The Labute approximate surface area is 155 Å². The molecule has 0 aliphatic carbocycles. The number of rotatable bonds is 4. The Morgan fingerprint density at radius 1 is 1.04 bits per heavy atom. The molecule has 1 aliphatic heterocycles. The lowest BCUT2D eigenvalue weighted by atomic mass is 9.75. The molecule has 27 heavy (non-hydrogen) atoms. The van der Waals surface area contributed by atoms with E-state index in [9.17, 15) is 27.2 Å². The van der Waals surface area contributed by atoms with Crippen LogP contribution in [0.25, 0.3) is 0 Å². The SMILES string of the molecule is CC(C)(C)C1CCN(C(=O)CCC(=O)Oc2c(F)c(F)cc(F)c2F)CC1. The number of hydrogen-bond donors (Lipinski definition) is 0. The standard InChI is InChI=1S/C19H23F4NO3/c1-19(2,3)11-6-8-24(9-7-11)14(25)4-5-15(26)27-18-16(22)12(20)10-13(21)17(18)23/h10-11H,4-9H2,1-3H3. The Balaban J connectivity index is 1.87. The molecule has 0 aromatic heterocycles. The molecule has 0 saturated carbocycles. The molecule has 150 valence electrons. The van der Waals surface area contributed by atoms with Gasteiger partial charge in [0.1, 0.15) is 0 Å². The molecule has 1 saturated heterocycles.